The van der Waals surface area contributed by atoms with Gasteiger partial charge in [-0.25, -0.2) is 8.42 Å². The van der Waals surface area contributed by atoms with Gasteiger partial charge in [-0.2, -0.15) is 0 Å². The molecular weight excluding hydrogens is 296 g/mol. The summed E-state index contributed by atoms with van der Waals surface area (Å²) in [4.78, 5) is 3.90. The molecule has 0 radical (unpaired) electrons. The molecule has 2 aromatic rings. The highest BCUT2D eigenvalue weighted by molar-refractivity contribution is 7.92. The third-order valence-corrected chi connectivity index (χ3v) is 4.40. The van der Waals surface area contributed by atoms with Crippen LogP contribution in [0.2, 0.25) is 0 Å². The van der Waals surface area contributed by atoms with Crippen LogP contribution < -0.4 is 4.72 Å². The number of aromatic nitrogens is 1. The Kier molecular flexibility index (Phi) is 4.98. The number of anilines is 1. The van der Waals surface area contributed by atoms with Gasteiger partial charge in [0.2, 0.25) is 10.0 Å². The van der Waals surface area contributed by atoms with Crippen LogP contribution in [0, 0.1) is 0 Å². The molecule has 0 amide bonds. The molecule has 0 aliphatic carbocycles. The molecule has 6 heteroatoms. The van der Waals surface area contributed by atoms with Gasteiger partial charge in [-0.05, 0) is 35.7 Å². The van der Waals surface area contributed by atoms with E-state index < -0.39 is 10.0 Å². The maximum atomic E-state index is 12.1. The summed E-state index contributed by atoms with van der Waals surface area (Å²) in [6.45, 7) is 0. The summed E-state index contributed by atoms with van der Waals surface area (Å²) in [5.74, 6) is 0.288. The van der Waals surface area contributed by atoms with Crippen LogP contribution in [-0.2, 0) is 22.3 Å². The number of alkyl halides is 1. The average molecular weight is 311 g/mol. The Balaban J connectivity index is 2.04. The normalized spacial score (nSPS) is 11.2. The van der Waals surface area contributed by atoms with E-state index in [1.807, 2.05) is 18.2 Å². The Morgan fingerprint density at radius 3 is 2.50 bits per heavy atom. The standard InChI is InChI=1S/C14H15ClN2O2S/c15-11-13-3-1-2-4-14(13)17-20(18,19)10-7-12-5-8-16-9-6-12/h1-6,8-9,17H,7,10-11H2. The summed E-state index contributed by atoms with van der Waals surface area (Å²) < 4.78 is 26.7. The van der Waals surface area contributed by atoms with Crippen molar-refractivity contribution in [2.75, 3.05) is 10.5 Å². The van der Waals surface area contributed by atoms with Crippen molar-refractivity contribution in [2.24, 2.45) is 0 Å². The highest BCUT2D eigenvalue weighted by Gasteiger charge is 2.12. The summed E-state index contributed by atoms with van der Waals surface area (Å²) in [6, 6.07) is 10.7. The van der Waals surface area contributed by atoms with E-state index in [9.17, 15) is 8.42 Å². The number of pyridine rings is 1. The first-order chi connectivity index (χ1) is 9.61. The Hall–Kier alpha value is -1.59. The lowest BCUT2D eigenvalue weighted by Gasteiger charge is -2.11. The summed E-state index contributed by atoms with van der Waals surface area (Å²) in [5.41, 5.74) is 2.25. The van der Waals surface area contributed by atoms with Crippen molar-refractivity contribution in [3.8, 4) is 0 Å². The number of para-hydroxylation sites is 1. The third-order valence-electron chi connectivity index (χ3n) is 2.84. The second-order valence-corrected chi connectivity index (χ2v) is 6.43. The zero-order valence-electron chi connectivity index (χ0n) is 10.8. The number of rotatable bonds is 6. The van der Waals surface area contributed by atoms with Crippen molar-refractivity contribution in [1.82, 2.24) is 4.98 Å². The first kappa shape index (κ1) is 14.8. The van der Waals surface area contributed by atoms with E-state index in [-0.39, 0.29) is 11.6 Å². The van der Waals surface area contributed by atoms with Crippen LogP contribution in [0.5, 0.6) is 0 Å². The molecule has 0 bridgehead atoms. The molecule has 1 N–H and O–H groups in total. The number of aryl methyl sites for hydroxylation is 1. The van der Waals surface area contributed by atoms with Crippen molar-refractivity contribution in [3.05, 3.63) is 59.9 Å². The highest BCUT2D eigenvalue weighted by atomic mass is 35.5. The van der Waals surface area contributed by atoms with E-state index in [0.717, 1.165) is 11.1 Å². The quantitative estimate of drug-likeness (QED) is 0.835. The lowest BCUT2D eigenvalue weighted by atomic mass is 10.2. The zero-order valence-corrected chi connectivity index (χ0v) is 12.4. The van der Waals surface area contributed by atoms with Crippen LogP contribution in [-0.4, -0.2) is 19.2 Å². The minimum Gasteiger partial charge on any atom is -0.283 e. The number of benzene rings is 1. The topological polar surface area (TPSA) is 59.1 Å². The van der Waals surface area contributed by atoms with Gasteiger partial charge >= 0.3 is 0 Å². The van der Waals surface area contributed by atoms with Crippen molar-refractivity contribution in [1.29, 1.82) is 0 Å². The Morgan fingerprint density at radius 1 is 1.10 bits per heavy atom. The molecule has 106 valence electrons. The van der Waals surface area contributed by atoms with Gasteiger partial charge in [0.15, 0.2) is 0 Å². The molecule has 4 nitrogen and oxygen atoms in total. The molecule has 1 aromatic heterocycles. The third kappa shape index (κ3) is 4.21. The smallest absolute Gasteiger partial charge is 0.233 e. The molecule has 2 rings (SSSR count). The van der Waals surface area contributed by atoms with Crippen molar-refractivity contribution in [2.45, 2.75) is 12.3 Å². The zero-order chi connectivity index (χ0) is 14.4. The monoisotopic (exact) mass is 310 g/mol. The summed E-state index contributed by atoms with van der Waals surface area (Å²) >= 11 is 5.79. The van der Waals surface area contributed by atoms with Crippen molar-refractivity contribution in [3.63, 3.8) is 0 Å². The number of nitrogens with zero attached hydrogens (tertiary/aromatic N) is 1. The van der Waals surface area contributed by atoms with E-state index in [0.29, 0.717) is 12.1 Å². The van der Waals surface area contributed by atoms with Gasteiger partial charge in [0.05, 0.1) is 11.4 Å². The van der Waals surface area contributed by atoms with Crippen LogP contribution in [0.1, 0.15) is 11.1 Å². The molecule has 0 aliphatic heterocycles. The second-order valence-electron chi connectivity index (χ2n) is 4.32. The first-order valence-corrected chi connectivity index (χ1v) is 8.33. The van der Waals surface area contributed by atoms with Crippen LogP contribution in [0.15, 0.2) is 48.8 Å². The van der Waals surface area contributed by atoms with Gasteiger partial charge in [-0.3, -0.25) is 9.71 Å². The molecule has 20 heavy (non-hydrogen) atoms. The molecule has 0 fully saturated rings. The maximum absolute atomic E-state index is 12.1. The van der Waals surface area contributed by atoms with E-state index >= 15 is 0 Å². The lowest BCUT2D eigenvalue weighted by Crippen LogP contribution is -2.19. The van der Waals surface area contributed by atoms with E-state index in [2.05, 4.69) is 9.71 Å². The first-order valence-electron chi connectivity index (χ1n) is 6.14. The van der Waals surface area contributed by atoms with Crippen LogP contribution in [0.3, 0.4) is 0 Å². The number of hydrogen-bond donors (Lipinski definition) is 1. The number of hydrogen-bond acceptors (Lipinski definition) is 3. The van der Waals surface area contributed by atoms with Crippen LogP contribution in [0.25, 0.3) is 0 Å². The fourth-order valence-corrected chi connectivity index (χ4v) is 3.13. The van der Waals surface area contributed by atoms with Crippen LogP contribution in [0.4, 0.5) is 5.69 Å². The van der Waals surface area contributed by atoms with Gasteiger partial charge in [-0.15, -0.1) is 11.6 Å². The SMILES string of the molecule is O=S(=O)(CCc1ccncc1)Nc1ccccc1CCl. The molecule has 0 saturated heterocycles. The Bertz CT molecular complexity index is 660. The largest absolute Gasteiger partial charge is 0.283 e. The summed E-state index contributed by atoms with van der Waals surface area (Å²) in [6.07, 6.45) is 3.75. The predicted molar refractivity (Wildman–Crippen MR) is 81.3 cm³/mol. The van der Waals surface area contributed by atoms with Gasteiger partial charge in [0, 0.05) is 18.3 Å². The average Bonchev–Trinajstić information content (AvgIpc) is 2.47. The Morgan fingerprint density at radius 2 is 1.80 bits per heavy atom. The predicted octanol–water partition coefficient (Wildman–Crippen LogP) is 2.80. The van der Waals surface area contributed by atoms with Gasteiger partial charge in [-0.1, -0.05) is 18.2 Å². The second kappa shape index (κ2) is 6.72. The molecule has 1 heterocycles. The minimum absolute atomic E-state index is 0.0215. The summed E-state index contributed by atoms with van der Waals surface area (Å²) in [5, 5.41) is 0. The summed E-state index contributed by atoms with van der Waals surface area (Å²) in [7, 11) is -3.39. The molecule has 0 aliphatic rings. The van der Waals surface area contributed by atoms with Crippen molar-refractivity contribution < 1.29 is 8.42 Å². The molecule has 0 saturated carbocycles. The van der Waals surface area contributed by atoms with Gasteiger partial charge in [0.25, 0.3) is 0 Å². The van der Waals surface area contributed by atoms with E-state index in [1.54, 1.807) is 30.6 Å². The van der Waals surface area contributed by atoms with Crippen molar-refractivity contribution >= 4 is 27.3 Å². The minimum atomic E-state index is -3.39. The molecule has 0 unspecified atom stereocenters. The molecule has 0 spiro atoms. The number of halogens is 1. The van der Waals surface area contributed by atoms with Gasteiger partial charge in [0.1, 0.15) is 0 Å². The van der Waals surface area contributed by atoms with Gasteiger partial charge < -0.3 is 0 Å². The highest BCUT2D eigenvalue weighted by Crippen LogP contribution is 2.18. The Labute approximate surface area is 123 Å². The number of sulfonamides is 1. The molecular formula is C14H15ClN2O2S. The molecule has 0 atom stereocenters. The number of nitrogens with one attached hydrogen (secondary N) is 1. The maximum Gasteiger partial charge on any atom is 0.233 e. The fraction of sp³-hybridized carbons (Fsp3) is 0.214. The fourth-order valence-electron chi connectivity index (χ4n) is 1.76. The lowest BCUT2D eigenvalue weighted by molar-refractivity contribution is 0.600. The van der Waals surface area contributed by atoms with Crippen LogP contribution >= 0.6 is 11.6 Å². The van der Waals surface area contributed by atoms with E-state index in [1.165, 1.54) is 0 Å². The van der Waals surface area contributed by atoms with E-state index in [4.69, 9.17) is 11.6 Å². The molecule has 1 aromatic carbocycles.